The molecule has 1 saturated carbocycles. The van der Waals surface area contributed by atoms with Crippen LogP contribution in [-0.4, -0.2) is 20.7 Å². The molecule has 118 valence electrons. The summed E-state index contributed by atoms with van der Waals surface area (Å²) in [5.74, 6) is -0.169. The molecule has 0 saturated heterocycles. The molecule has 0 aliphatic heterocycles. The first-order valence-corrected chi connectivity index (χ1v) is 8.77. The molecule has 2 aromatic heterocycles. The number of hydrogen-bond acceptors (Lipinski definition) is 3. The Morgan fingerprint density at radius 2 is 2.17 bits per heavy atom. The average Bonchev–Trinajstić information content (AvgIpc) is 3.05. The molecule has 0 radical (unpaired) electrons. The van der Waals surface area contributed by atoms with E-state index >= 15 is 0 Å². The van der Waals surface area contributed by atoms with E-state index in [0.29, 0.717) is 6.04 Å². The second-order valence-corrected chi connectivity index (χ2v) is 6.78. The normalized spacial score (nSPS) is 14.5. The predicted octanol–water partition coefficient (Wildman–Crippen LogP) is 4.37. The number of rotatable bonds is 6. The van der Waals surface area contributed by atoms with E-state index in [1.54, 1.807) is 23.5 Å². The Kier molecular flexibility index (Phi) is 3.97. The highest BCUT2D eigenvalue weighted by Crippen LogP contribution is 2.29. The molecule has 1 aromatic carbocycles. The predicted molar refractivity (Wildman–Crippen MR) is 90.5 cm³/mol. The van der Waals surface area contributed by atoms with Crippen LogP contribution in [0.3, 0.4) is 0 Å². The van der Waals surface area contributed by atoms with E-state index in [0.717, 1.165) is 30.0 Å². The Morgan fingerprint density at radius 1 is 1.26 bits per heavy atom. The van der Waals surface area contributed by atoms with Crippen molar-refractivity contribution in [2.75, 3.05) is 0 Å². The largest absolute Gasteiger partial charge is 0.277 e. The van der Waals surface area contributed by atoms with Crippen molar-refractivity contribution in [2.24, 2.45) is 0 Å². The van der Waals surface area contributed by atoms with Crippen LogP contribution < -0.4 is 0 Å². The fraction of sp³-hybridized carbons (Fsp3) is 0.278. The van der Waals surface area contributed by atoms with Gasteiger partial charge < -0.3 is 0 Å². The number of halogens is 1. The lowest BCUT2D eigenvalue weighted by molar-refractivity contribution is 0.188. The van der Waals surface area contributed by atoms with Crippen LogP contribution in [0.25, 0.3) is 11.3 Å². The summed E-state index contributed by atoms with van der Waals surface area (Å²) >= 11 is 1.68. The molecule has 5 heteroatoms. The van der Waals surface area contributed by atoms with E-state index < -0.39 is 0 Å². The highest BCUT2D eigenvalue weighted by molar-refractivity contribution is 7.08. The van der Waals surface area contributed by atoms with Gasteiger partial charge in [0, 0.05) is 29.7 Å². The Labute approximate surface area is 139 Å². The van der Waals surface area contributed by atoms with E-state index in [-0.39, 0.29) is 5.82 Å². The van der Waals surface area contributed by atoms with Gasteiger partial charge in [-0.1, -0.05) is 12.1 Å². The molecule has 4 rings (SSSR count). The summed E-state index contributed by atoms with van der Waals surface area (Å²) in [5, 5.41) is 8.84. The van der Waals surface area contributed by atoms with Crippen LogP contribution >= 0.6 is 11.3 Å². The van der Waals surface area contributed by atoms with Gasteiger partial charge in [0.25, 0.3) is 0 Å². The third-order valence-corrected chi connectivity index (χ3v) is 4.81. The van der Waals surface area contributed by atoms with Gasteiger partial charge in [-0.25, -0.2) is 4.39 Å². The Morgan fingerprint density at radius 3 is 2.91 bits per heavy atom. The lowest BCUT2D eigenvalue weighted by atomic mass is 10.2. The number of hydrogen-bond donors (Lipinski definition) is 0. The SMILES string of the molecule is Fc1cccc(CN(Cn2ccc(-c3ccsc3)n2)C2CC2)c1. The van der Waals surface area contributed by atoms with E-state index in [2.05, 4.69) is 32.9 Å². The summed E-state index contributed by atoms with van der Waals surface area (Å²) < 4.78 is 15.4. The summed E-state index contributed by atoms with van der Waals surface area (Å²) in [6.45, 7) is 1.50. The van der Waals surface area contributed by atoms with Crippen LogP contribution in [0, 0.1) is 5.82 Å². The Bertz CT molecular complexity index is 777. The number of thiophene rings is 1. The maximum atomic E-state index is 13.4. The van der Waals surface area contributed by atoms with E-state index in [1.165, 1.54) is 18.9 Å². The molecule has 0 atom stereocenters. The maximum Gasteiger partial charge on any atom is 0.123 e. The molecule has 3 aromatic rings. The fourth-order valence-electron chi connectivity index (χ4n) is 2.79. The molecule has 23 heavy (non-hydrogen) atoms. The topological polar surface area (TPSA) is 21.1 Å². The monoisotopic (exact) mass is 327 g/mol. The first kappa shape index (κ1) is 14.6. The number of benzene rings is 1. The number of aromatic nitrogens is 2. The van der Waals surface area contributed by atoms with Gasteiger partial charge in [-0.05, 0) is 48.1 Å². The van der Waals surface area contributed by atoms with Gasteiger partial charge in [-0.3, -0.25) is 9.58 Å². The van der Waals surface area contributed by atoms with Gasteiger partial charge in [0.15, 0.2) is 0 Å². The highest BCUT2D eigenvalue weighted by atomic mass is 32.1. The zero-order valence-corrected chi connectivity index (χ0v) is 13.5. The van der Waals surface area contributed by atoms with Crippen molar-refractivity contribution >= 4 is 11.3 Å². The quantitative estimate of drug-likeness (QED) is 0.670. The first-order chi connectivity index (χ1) is 11.3. The van der Waals surface area contributed by atoms with Crippen LogP contribution in [0.5, 0.6) is 0 Å². The highest BCUT2D eigenvalue weighted by Gasteiger charge is 2.29. The van der Waals surface area contributed by atoms with Crippen LogP contribution in [-0.2, 0) is 13.2 Å². The van der Waals surface area contributed by atoms with Crippen molar-refractivity contribution in [3.8, 4) is 11.3 Å². The standard InChI is InChI=1S/C18H18FN3S/c19-16-3-1-2-14(10-16)11-21(17-4-5-17)13-22-8-6-18(20-22)15-7-9-23-12-15/h1-3,6-10,12,17H,4-5,11,13H2. The summed E-state index contributed by atoms with van der Waals surface area (Å²) in [4.78, 5) is 2.37. The van der Waals surface area contributed by atoms with Crippen molar-refractivity contribution in [3.63, 3.8) is 0 Å². The third kappa shape index (κ3) is 3.51. The molecule has 0 N–H and O–H groups in total. The minimum Gasteiger partial charge on any atom is -0.277 e. The zero-order valence-electron chi connectivity index (χ0n) is 12.7. The van der Waals surface area contributed by atoms with Crippen LogP contribution in [0.15, 0.2) is 53.4 Å². The maximum absolute atomic E-state index is 13.4. The Balaban J connectivity index is 1.48. The molecule has 0 spiro atoms. The molecular weight excluding hydrogens is 309 g/mol. The first-order valence-electron chi connectivity index (χ1n) is 7.82. The van der Waals surface area contributed by atoms with Gasteiger partial charge >= 0.3 is 0 Å². The zero-order chi connectivity index (χ0) is 15.6. The summed E-state index contributed by atoms with van der Waals surface area (Å²) in [5.41, 5.74) is 3.19. The smallest absolute Gasteiger partial charge is 0.123 e. The minimum atomic E-state index is -0.169. The van der Waals surface area contributed by atoms with Crippen LogP contribution in [0.2, 0.25) is 0 Å². The van der Waals surface area contributed by atoms with E-state index in [9.17, 15) is 4.39 Å². The van der Waals surface area contributed by atoms with Crippen molar-refractivity contribution in [1.82, 2.24) is 14.7 Å². The van der Waals surface area contributed by atoms with Crippen molar-refractivity contribution in [3.05, 3.63) is 64.7 Å². The molecule has 0 unspecified atom stereocenters. The van der Waals surface area contributed by atoms with Gasteiger partial charge in [0.05, 0.1) is 12.4 Å². The lowest BCUT2D eigenvalue weighted by Gasteiger charge is -2.22. The van der Waals surface area contributed by atoms with Crippen LogP contribution in [0.1, 0.15) is 18.4 Å². The van der Waals surface area contributed by atoms with Crippen molar-refractivity contribution < 1.29 is 4.39 Å². The second kappa shape index (κ2) is 6.26. The molecule has 1 aliphatic rings. The molecule has 1 aliphatic carbocycles. The molecule has 3 nitrogen and oxygen atoms in total. The molecule has 0 bridgehead atoms. The third-order valence-electron chi connectivity index (χ3n) is 4.12. The average molecular weight is 327 g/mol. The summed E-state index contributed by atoms with van der Waals surface area (Å²) in [6.07, 6.45) is 4.45. The lowest BCUT2D eigenvalue weighted by Crippen LogP contribution is -2.28. The van der Waals surface area contributed by atoms with Gasteiger partial charge in [-0.2, -0.15) is 16.4 Å². The van der Waals surface area contributed by atoms with E-state index in [1.807, 2.05) is 16.9 Å². The second-order valence-electron chi connectivity index (χ2n) is 6.00. The molecule has 2 heterocycles. The van der Waals surface area contributed by atoms with Gasteiger partial charge in [-0.15, -0.1) is 0 Å². The summed E-state index contributed by atoms with van der Waals surface area (Å²) in [7, 11) is 0. The van der Waals surface area contributed by atoms with E-state index in [4.69, 9.17) is 0 Å². The molecule has 0 amide bonds. The Hall–Kier alpha value is -1.98. The summed E-state index contributed by atoms with van der Waals surface area (Å²) in [6, 6.07) is 11.6. The van der Waals surface area contributed by atoms with Crippen molar-refractivity contribution in [1.29, 1.82) is 0 Å². The molecular formula is C18H18FN3S. The van der Waals surface area contributed by atoms with Crippen molar-refractivity contribution in [2.45, 2.75) is 32.1 Å². The van der Waals surface area contributed by atoms with Gasteiger partial charge in [0.2, 0.25) is 0 Å². The van der Waals surface area contributed by atoms with Crippen LogP contribution in [0.4, 0.5) is 4.39 Å². The molecule has 1 fully saturated rings. The fourth-order valence-corrected chi connectivity index (χ4v) is 3.44. The van der Waals surface area contributed by atoms with Gasteiger partial charge in [0.1, 0.15) is 5.82 Å². The number of nitrogens with zero attached hydrogens (tertiary/aromatic N) is 3. The minimum absolute atomic E-state index is 0.169.